The van der Waals surface area contributed by atoms with Crippen molar-refractivity contribution in [2.45, 2.75) is 117 Å². The Labute approximate surface area is 133 Å². The van der Waals surface area contributed by atoms with Gasteiger partial charge in [-0.3, -0.25) is 0 Å². The van der Waals surface area contributed by atoms with Crippen molar-refractivity contribution in [2.75, 3.05) is 0 Å². The van der Waals surface area contributed by atoms with E-state index in [9.17, 15) is 5.11 Å². The van der Waals surface area contributed by atoms with E-state index in [1.165, 1.54) is 77.0 Å². The molecule has 2 heteroatoms. The second-order valence-electron chi connectivity index (χ2n) is 7.67. The van der Waals surface area contributed by atoms with Gasteiger partial charge in [0.1, 0.15) is 5.72 Å². The zero-order valence-electron chi connectivity index (χ0n) is 15.2. The van der Waals surface area contributed by atoms with E-state index in [0.717, 1.165) is 6.42 Å². The molecule has 0 aliphatic carbocycles. The van der Waals surface area contributed by atoms with E-state index < -0.39 is 5.72 Å². The molecule has 0 aromatic carbocycles. The molecule has 0 rings (SSSR count). The van der Waals surface area contributed by atoms with Gasteiger partial charge in [0.2, 0.25) is 0 Å². The molecule has 21 heavy (non-hydrogen) atoms. The van der Waals surface area contributed by atoms with E-state index in [-0.39, 0.29) is 5.41 Å². The standard InChI is InChI=1S/C19H41NO/c1-5-6-7-8-9-10-11-12-13-14-15-16-17-18(2,3)19(4,20)21/h21H,5-17,20H2,1-4H3. The lowest BCUT2D eigenvalue weighted by Crippen LogP contribution is -2.49. The SMILES string of the molecule is CCCCCCCCCCCCCCC(C)(C)C(C)(N)O. The lowest BCUT2D eigenvalue weighted by Gasteiger charge is -2.37. The Morgan fingerprint density at radius 2 is 1.00 bits per heavy atom. The van der Waals surface area contributed by atoms with Gasteiger partial charge >= 0.3 is 0 Å². The molecule has 128 valence electrons. The summed E-state index contributed by atoms with van der Waals surface area (Å²) in [4.78, 5) is 0. The highest BCUT2D eigenvalue weighted by molar-refractivity contribution is 4.84. The minimum absolute atomic E-state index is 0.189. The molecule has 2 nitrogen and oxygen atoms in total. The summed E-state index contributed by atoms with van der Waals surface area (Å²) in [6, 6.07) is 0. The van der Waals surface area contributed by atoms with Crippen molar-refractivity contribution in [3.8, 4) is 0 Å². The molecular formula is C19H41NO. The van der Waals surface area contributed by atoms with Crippen LogP contribution in [0.15, 0.2) is 0 Å². The van der Waals surface area contributed by atoms with Crippen LogP contribution in [0.1, 0.15) is 111 Å². The van der Waals surface area contributed by atoms with E-state index >= 15 is 0 Å². The monoisotopic (exact) mass is 299 g/mol. The first kappa shape index (κ1) is 20.9. The summed E-state index contributed by atoms with van der Waals surface area (Å²) in [6.45, 7) is 8.11. The van der Waals surface area contributed by atoms with Crippen molar-refractivity contribution >= 4 is 0 Å². The van der Waals surface area contributed by atoms with Crippen LogP contribution in [0.4, 0.5) is 0 Å². The average Bonchev–Trinajstić information content (AvgIpc) is 2.38. The third-order valence-corrected chi connectivity index (χ3v) is 5.03. The highest BCUT2D eigenvalue weighted by Gasteiger charge is 2.34. The number of rotatable bonds is 14. The van der Waals surface area contributed by atoms with Crippen molar-refractivity contribution in [2.24, 2.45) is 11.1 Å². The zero-order chi connectivity index (χ0) is 16.2. The van der Waals surface area contributed by atoms with Crippen molar-refractivity contribution in [1.82, 2.24) is 0 Å². The topological polar surface area (TPSA) is 46.2 Å². The Hall–Kier alpha value is -0.0800. The third-order valence-electron chi connectivity index (χ3n) is 5.03. The molecule has 0 radical (unpaired) electrons. The lowest BCUT2D eigenvalue weighted by molar-refractivity contribution is -0.0514. The molecule has 0 aliphatic heterocycles. The van der Waals surface area contributed by atoms with Crippen LogP contribution in [0.2, 0.25) is 0 Å². The molecule has 3 N–H and O–H groups in total. The van der Waals surface area contributed by atoms with Crippen LogP contribution in [0.3, 0.4) is 0 Å². The first-order valence-corrected chi connectivity index (χ1v) is 9.32. The lowest BCUT2D eigenvalue weighted by atomic mass is 9.78. The summed E-state index contributed by atoms with van der Waals surface area (Å²) < 4.78 is 0. The van der Waals surface area contributed by atoms with Crippen LogP contribution in [0.5, 0.6) is 0 Å². The molecule has 0 aliphatic rings. The van der Waals surface area contributed by atoms with Crippen LogP contribution in [-0.4, -0.2) is 10.8 Å². The zero-order valence-corrected chi connectivity index (χ0v) is 15.2. The van der Waals surface area contributed by atoms with E-state index in [0.29, 0.717) is 0 Å². The van der Waals surface area contributed by atoms with Gasteiger partial charge in [-0.15, -0.1) is 0 Å². The predicted octanol–water partition coefficient (Wildman–Crippen LogP) is 5.77. The minimum Gasteiger partial charge on any atom is -0.376 e. The molecule has 1 unspecified atom stereocenters. The number of hydrogen-bond donors (Lipinski definition) is 2. The summed E-state index contributed by atoms with van der Waals surface area (Å²) >= 11 is 0. The van der Waals surface area contributed by atoms with Crippen LogP contribution in [0.25, 0.3) is 0 Å². The van der Waals surface area contributed by atoms with Crippen molar-refractivity contribution in [3.05, 3.63) is 0 Å². The van der Waals surface area contributed by atoms with Crippen molar-refractivity contribution < 1.29 is 5.11 Å². The Kier molecular flexibility index (Phi) is 11.4. The fraction of sp³-hybridized carbons (Fsp3) is 1.00. The summed E-state index contributed by atoms with van der Waals surface area (Å²) in [5.41, 5.74) is 4.55. The third kappa shape index (κ3) is 11.2. The highest BCUT2D eigenvalue weighted by Crippen LogP contribution is 2.32. The summed E-state index contributed by atoms with van der Waals surface area (Å²) in [6.07, 6.45) is 17.4. The van der Waals surface area contributed by atoms with Gasteiger partial charge in [-0.2, -0.15) is 0 Å². The summed E-state index contributed by atoms with van der Waals surface area (Å²) in [5.74, 6) is 0. The molecular weight excluding hydrogens is 258 g/mol. The molecule has 0 saturated heterocycles. The predicted molar refractivity (Wildman–Crippen MR) is 94.3 cm³/mol. The molecule has 0 amide bonds. The van der Waals surface area contributed by atoms with Gasteiger partial charge in [0.05, 0.1) is 0 Å². The highest BCUT2D eigenvalue weighted by atomic mass is 16.3. The molecule has 0 aromatic rings. The Balaban J connectivity index is 3.30. The maximum absolute atomic E-state index is 9.90. The molecule has 0 heterocycles. The van der Waals surface area contributed by atoms with Gasteiger partial charge < -0.3 is 10.8 Å². The largest absolute Gasteiger partial charge is 0.376 e. The maximum atomic E-state index is 9.90. The van der Waals surface area contributed by atoms with Crippen molar-refractivity contribution in [1.29, 1.82) is 0 Å². The summed E-state index contributed by atoms with van der Waals surface area (Å²) in [7, 11) is 0. The molecule has 0 bridgehead atoms. The van der Waals surface area contributed by atoms with Crippen LogP contribution < -0.4 is 5.73 Å². The van der Waals surface area contributed by atoms with Gasteiger partial charge in [-0.25, -0.2) is 0 Å². The van der Waals surface area contributed by atoms with Crippen molar-refractivity contribution in [3.63, 3.8) is 0 Å². The van der Waals surface area contributed by atoms with E-state index in [4.69, 9.17) is 5.73 Å². The fourth-order valence-electron chi connectivity index (χ4n) is 2.66. The van der Waals surface area contributed by atoms with Gasteiger partial charge in [0.25, 0.3) is 0 Å². The normalized spacial score (nSPS) is 15.1. The quantitative estimate of drug-likeness (QED) is 0.316. The number of aliphatic hydroxyl groups is 1. The first-order valence-electron chi connectivity index (χ1n) is 9.32. The van der Waals surface area contributed by atoms with E-state index in [1.807, 2.05) is 0 Å². The number of nitrogens with two attached hydrogens (primary N) is 1. The molecule has 1 atom stereocenters. The van der Waals surface area contributed by atoms with Gasteiger partial charge in [0, 0.05) is 5.41 Å². The van der Waals surface area contributed by atoms with Gasteiger partial charge in [-0.1, -0.05) is 97.8 Å². The molecule has 0 saturated carbocycles. The number of hydrogen-bond acceptors (Lipinski definition) is 2. The first-order chi connectivity index (χ1) is 9.81. The Bertz CT molecular complexity index is 230. The van der Waals surface area contributed by atoms with Gasteiger partial charge in [-0.05, 0) is 13.3 Å². The average molecular weight is 300 g/mol. The van der Waals surface area contributed by atoms with Crippen LogP contribution >= 0.6 is 0 Å². The smallest absolute Gasteiger partial charge is 0.115 e. The van der Waals surface area contributed by atoms with Crippen LogP contribution in [-0.2, 0) is 0 Å². The Morgan fingerprint density at radius 3 is 1.33 bits per heavy atom. The number of unbranched alkanes of at least 4 members (excludes halogenated alkanes) is 11. The van der Waals surface area contributed by atoms with Crippen LogP contribution in [0, 0.1) is 5.41 Å². The molecule has 0 fully saturated rings. The summed E-state index contributed by atoms with van der Waals surface area (Å²) in [5, 5.41) is 9.90. The molecule has 0 spiro atoms. The maximum Gasteiger partial charge on any atom is 0.115 e. The van der Waals surface area contributed by atoms with E-state index in [1.54, 1.807) is 6.92 Å². The fourth-order valence-corrected chi connectivity index (χ4v) is 2.66. The molecule has 0 aromatic heterocycles. The van der Waals surface area contributed by atoms with Gasteiger partial charge in [0.15, 0.2) is 0 Å². The van der Waals surface area contributed by atoms with E-state index in [2.05, 4.69) is 20.8 Å². The Morgan fingerprint density at radius 1 is 0.667 bits per heavy atom. The second kappa shape index (κ2) is 11.5. The minimum atomic E-state index is -1.06. The second-order valence-corrected chi connectivity index (χ2v) is 7.67.